The highest BCUT2D eigenvalue weighted by Crippen LogP contribution is 2.34. The second kappa shape index (κ2) is 11.0. The summed E-state index contributed by atoms with van der Waals surface area (Å²) in [6, 6.07) is 9.87. The number of anilines is 2. The van der Waals surface area contributed by atoms with Gasteiger partial charge in [-0.1, -0.05) is 6.07 Å². The standard InChI is InChI=1S/C24H30F3N7O2/c1-33-10-12-34(13-11-33)15-16-2-3-18(14-20(16)24(25,26)27)31-23(35)30-17-4-6-19(7-5-17)36-21-8-9-29-22(28)32-21/h2-7,14,21H,8-13,15H2,1H3,(H3,28,29,32)(H2,30,31,35). The lowest BCUT2D eigenvalue weighted by molar-refractivity contribution is -0.138. The van der Waals surface area contributed by atoms with Crippen molar-refractivity contribution < 1.29 is 22.7 Å². The van der Waals surface area contributed by atoms with Crippen molar-refractivity contribution in [2.24, 2.45) is 10.7 Å². The Labute approximate surface area is 207 Å². The number of hydrogen-bond donors (Lipinski definition) is 4. The van der Waals surface area contributed by atoms with Crippen molar-refractivity contribution >= 4 is 23.4 Å². The van der Waals surface area contributed by atoms with Gasteiger partial charge in [0, 0.05) is 57.1 Å². The number of alkyl halides is 3. The summed E-state index contributed by atoms with van der Waals surface area (Å²) < 4.78 is 47.1. The van der Waals surface area contributed by atoms with E-state index in [1.165, 1.54) is 12.1 Å². The number of guanidine groups is 1. The number of nitrogens with zero attached hydrogens (tertiary/aromatic N) is 3. The molecule has 0 bridgehead atoms. The van der Waals surface area contributed by atoms with E-state index in [-0.39, 0.29) is 24.0 Å². The molecule has 2 aliphatic heterocycles. The number of carbonyl (C=O) groups excluding carboxylic acids is 1. The predicted octanol–water partition coefficient (Wildman–Crippen LogP) is 3.11. The van der Waals surface area contributed by atoms with Gasteiger partial charge in [-0.15, -0.1) is 0 Å². The number of nitrogens with one attached hydrogen (secondary N) is 3. The Bertz CT molecular complexity index is 1080. The molecule has 2 aromatic rings. The van der Waals surface area contributed by atoms with Crippen molar-refractivity contribution in [2.75, 3.05) is 50.4 Å². The quantitative estimate of drug-likeness (QED) is 0.481. The molecule has 0 aromatic heterocycles. The van der Waals surface area contributed by atoms with E-state index in [0.29, 0.717) is 43.5 Å². The molecule has 1 atom stereocenters. The molecular formula is C24H30F3N7O2. The zero-order chi connectivity index (χ0) is 25.7. The lowest BCUT2D eigenvalue weighted by Crippen LogP contribution is -2.46. The molecule has 0 spiro atoms. The SMILES string of the molecule is CN1CCN(Cc2ccc(NC(=O)Nc3ccc(OC4CCN=C(N)N4)cc3)cc2C(F)(F)F)CC1. The van der Waals surface area contributed by atoms with Crippen LogP contribution in [0.25, 0.3) is 0 Å². The molecule has 2 aliphatic rings. The number of aliphatic imine (C=N–C) groups is 1. The number of nitrogens with two attached hydrogens (primary N) is 1. The molecule has 2 amide bonds. The molecule has 2 aromatic carbocycles. The van der Waals surface area contributed by atoms with Crippen molar-refractivity contribution in [3.63, 3.8) is 0 Å². The van der Waals surface area contributed by atoms with Crippen LogP contribution in [0.4, 0.5) is 29.3 Å². The molecule has 1 saturated heterocycles. The summed E-state index contributed by atoms with van der Waals surface area (Å²) in [5.74, 6) is 0.890. The Morgan fingerprint density at radius 2 is 1.78 bits per heavy atom. The van der Waals surface area contributed by atoms with Crippen LogP contribution in [0.2, 0.25) is 0 Å². The van der Waals surface area contributed by atoms with Gasteiger partial charge in [0.25, 0.3) is 0 Å². The number of benzene rings is 2. The van der Waals surface area contributed by atoms with Gasteiger partial charge in [0.2, 0.25) is 0 Å². The molecule has 2 heterocycles. The van der Waals surface area contributed by atoms with Crippen LogP contribution in [-0.2, 0) is 12.7 Å². The molecular weight excluding hydrogens is 475 g/mol. The van der Waals surface area contributed by atoms with Crippen LogP contribution < -0.4 is 26.4 Å². The third-order valence-electron chi connectivity index (χ3n) is 6.04. The van der Waals surface area contributed by atoms with Gasteiger partial charge >= 0.3 is 12.2 Å². The Balaban J connectivity index is 1.35. The minimum atomic E-state index is -4.53. The monoisotopic (exact) mass is 505 g/mol. The fourth-order valence-electron chi connectivity index (χ4n) is 4.05. The number of amides is 2. The van der Waals surface area contributed by atoms with E-state index in [1.807, 2.05) is 11.9 Å². The Morgan fingerprint density at radius 1 is 1.11 bits per heavy atom. The number of ether oxygens (including phenoxy) is 1. The number of likely N-dealkylation sites (N-methyl/N-ethyl adjacent to an activating group) is 1. The average Bonchev–Trinajstić information content (AvgIpc) is 2.82. The Morgan fingerprint density at radius 3 is 2.44 bits per heavy atom. The summed E-state index contributed by atoms with van der Waals surface area (Å²) in [7, 11) is 1.99. The first kappa shape index (κ1) is 25.6. The van der Waals surface area contributed by atoms with Gasteiger partial charge in [0.15, 0.2) is 12.2 Å². The maximum absolute atomic E-state index is 13.8. The van der Waals surface area contributed by atoms with Gasteiger partial charge < -0.3 is 31.3 Å². The third kappa shape index (κ3) is 7.01. The predicted molar refractivity (Wildman–Crippen MR) is 132 cm³/mol. The molecule has 4 rings (SSSR count). The Hall–Kier alpha value is -3.51. The average molecular weight is 506 g/mol. The summed E-state index contributed by atoms with van der Waals surface area (Å²) >= 11 is 0. The third-order valence-corrected chi connectivity index (χ3v) is 6.04. The number of carbonyl (C=O) groups is 1. The van der Waals surface area contributed by atoms with Crippen molar-refractivity contribution in [1.82, 2.24) is 15.1 Å². The highest BCUT2D eigenvalue weighted by molar-refractivity contribution is 5.99. The molecule has 0 saturated carbocycles. The second-order valence-electron chi connectivity index (χ2n) is 8.86. The van der Waals surface area contributed by atoms with Crippen molar-refractivity contribution in [2.45, 2.75) is 25.4 Å². The zero-order valence-electron chi connectivity index (χ0n) is 19.9. The van der Waals surface area contributed by atoms with E-state index in [2.05, 4.69) is 25.8 Å². The van der Waals surface area contributed by atoms with E-state index in [1.54, 1.807) is 24.3 Å². The molecule has 0 radical (unpaired) electrons. The minimum absolute atomic E-state index is 0.0598. The molecule has 36 heavy (non-hydrogen) atoms. The van der Waals surface area contributed by atoms with Crippen LogP contribution in [0.1, 0.15) is 17.5 Å². The van der Waals surface area contributed by atoms with E-state index >= 15 is 0 Å². The van der Waals surface area contributed by atoms with E-state index in [9.17, 15) is 18.0 Å². The first-order chi connectivity index (χ1) is 17.2. The lowest BCUT2D eigenvalue weighted by atomic mass is 10.0. The van der Waals surface area contributed by atoms with Crippen molar-refractivity contribution in [3.8, 4) is 5.75 Å². The van der Waals surface area contributed by atoms with Gasteiger partial charge in [0.05, 0.1) is 5.56 Å². The number of piperazine rings is 1. The van der Waals surface area contributed by atoms with Crippen molar-refractivity contribution in [1.29, 1.82) is 0 Å². The molecule has 1 unspecified atom stereocenters. The summed E-state index contributed by atoms with van der Waals surface area (Å²) in [5, 5.41) is 8.03. The molecule has 194 valence electrons. The first-order valence-corrected chi connectivity index (χ1v) is 11.7. The molecule has 12 heteroatoms. The van der Waals surface area contributed by atoms with Gasteiger partial charge in [-0.25, -0.2) is 4.79 Å². The van der Waals surface area contributed by atoms with Crippen molar-refractivity contribution in [3.05, 3.63) is 53.6 Å². The van der Waals surface area contributed by atoms with Crippen LogP contribution in [0, 0.1) is 0 Å². The van der Waals surface area contributed by atoms with Crippen LogP contribution in [0.3, 0.4) is 0 Å². The van der Waals surface area contributed by atoms with E-state index < -0.39 is 17.8 Å². The van der Waals surface area contributed by atoms with Crippen LogP contribution >= 0.6 is 0 Å². The first-order valence-electron chi connectivity index (χ1n) is 11.7. The minimum Gasteiger partial charge on any atom is -0.471 e. The van der Waals surface area contributed by atoms with Crippen LogP contribution in [0.5, 0.6) is 5.75 Å². The topological polar surface area (TPSA) is 107 Å². The molecule has 0 aliphatic carbocycles. The summed E-state index contributed by atoms with van der Waals surface area (Å²) in [6.45, 7) is 3.82. The summed E-state index contributed by atoms with van der Waals surface area (Å²) in [6.07, 6.45) is -4.17. The second-order valence-corrected chi connectivity index (χ2v) is 8.86. The Kier molecular flexibility index (Phi) is 7.85. The number of halogens is 3. The largest absolute Gasteiger partial charge is 0.471 e. The normalized spacial score (nSPS) is 19.2. The maximum Gasteiger partial charge on any atom is 0.416 e. The molecule has 9 nitrogen and oxygen atoms in total. The molecule has 1 fully saturated rings. The van der Waals surface area contributed by atoms with E-state index in [4.69, 9.17) is 10.5 Å². The number of urea groups is 1. The fraction of sp³-hybridized carbons (Fsp3) is 0.417. The molecule has 5 N–H and O–H groups in total. The number of rotatable bonds is 6. The zero-order valence-corrected chi connectivity index (χ0v) is 19.9. The highest BCUT2D eigenvalue weighted by atomic mass is 19.4. The van der Waals surface area contributed by atoms with Gasteiger partial charge in [0.1, 0.15) is 5.75 Å². The number of hydrogen-bond acceptors (Lipinski definition) is 7. The highest BCUT2D eigenvalue weighted by Gasteiger charge is 2.34. The van der Waals surface area contributed by atoms with Crippen LogP contribution in [0.15, 0.2) is 47.5 Å². The summed E-state index contributed by atoms with van der Waals surface area (Å²) in [5.41, 5.74) is 5.61. The van der Waals surface area contributed by atoms with Gasteiger partial charge in [-0.2, -0.15) is 13.2 Å². The lowest BCUT2D eigenvalue weighted by Gasteiger charge is -2.33. The van der Waals surface area contributed by atoms with Gasteiger partial charge in [-0.05, 0) is 49.0 Å². The maximum atomic E-state index is 13.8. The fourth-order valence-corrected chi connectivity index (χ4v) is 4.05. The van der Waals surface area contributed by atoms with E-state index in [0.717, 1.165) is 19.2 Å². The summed E-state index contributed by atoms with van der Waals surface area (Å²) in [4.78, 5) is 20.6. The van der Waals surface area contributed by atoms with Gasteiger partial charge in [-0.3, -0.25) is 9.89 Å². The van der Waals surface area contributed by atoms with Crippen LogP contribution in [-0.4, -0.2) is 67.8 Å². The smallest absolute Gasteiger partial charge is 0.416 e.